The third-order valence-electron chi connectivity index (χ3n) is 2.59. The monoisotopic (exact) mass is 243 g/mol. The average molecular weight is 243 g/mol. The minimum absolute atomic E-state index is 0.101. The van der Waals surface area contributed by atoms with E-state index in [-0.39, 0.29) is 6.04 Å². The van der Waals surface area contributed by atoms with Crippen LogP contribution < -0.4 is 10.5 Å². The van der Waals surface area contributed by atoms with Gasteiger partial charge in [0.15, 0.2) is 5.82 Å². The minimum atomic E-state index is 0.101. The molecular formula is C14H17N3O. The van der Waals surface area contributed by atoms with Gasteiger partial charge in [0.2, 0.25) is 0 Å². The Hall–Kier alpha value is -1.94. The van der Waals surface area contributed by atoms with Gasteiger partial charge in [-0.3, -0.25) is 0 Å². The first kappa shape index (κ1) is 12.5. The third kappa shape index (κ3) is 3.05. The molecule has 1 aromatic carbocycles. The minimum Gasteiger partial charge on any atom is -0.497 e. The fourth-order valence-electron chi connectivity index (χ4n) is 1.72. The van der Waals surface area contributed by atoms with Crippen molar-refractivity contribution in [1.29, 1.82) is 0 Å². The Morgan fingerprint density at radius 2 is 1.94 bits per heavy atom. The van der Waals surface area contributed by atoms with Crippen molar-refractivity contribution in [3.63, 3.8) is 0 Å². The van der Waals surface area contributed by atoms with E-state index in [2.05, 4.69) is 9.97 Å². The van der Waals surface area contributed by atoms with Crippen molar-refractivity contribution < 1.29 is 4.74 Å². The van der Waals surface area contributed by atoms with Crippen LogP contribution in [0.4, 0.5) is 0 Å². The lowest BCUT2D eigenvalue weighted by molar-refractivity contribution is 0.415. The zero-order valence-corrected chi connectivity index (χ0v) is 10.6. The third-order valence-corrected chi connectivity index (χ3v) is 2.59. The second kappa shape index (κ2) is 5.60. The van der Waals surface area contributed by atoms with E-state index < -0.39 is 0 Å². The second-order valence-corrected chi connectivity index (χ2v) is 4.28. The first-order chi connectivity index (χ1) is 8.69. The van der Waals surface area contributed by atoms with Crippen LogP contribution in [0.5, 0.6) is 5.75 Å². The number of nitrogens with zero attached hydrogens (tertiary/aromatic N) is 2. The summed E-state index contributed by atoms with van der Waals surface area (Å²) in [6.07, 6.45) is 2.52. The van der Waals surface area contributed by atoms with Gasteiger partial charge in [0.05, 0.1) is 7.11 Å². The Labute approximate surface area is 107 Å². The van der Waals surface area contributed by atoms with Crippen molar-refractivity contribution in [3.05, 3.63) is 42.2 Å². The lowest BCUT2D eigenvalue weighted by Crippen LogP contribution is -2.18. The van der Waals surface area contributed by atoms with Gasteiger partial charge in [0.1, 0.15) is 5.75 Å². The summed E-state index contributed by atoms with van der Waals surface area (Å²) in [5, 5.41) is 0. The van der Waals surface area contributed by atoms with Crippen molar-refractivity contribution in [2.45, 2.75) is 19.4 Å². The molecule has 0 fully saturated rings. The Kier molecular flexibility index (Phi) is 3.89. The summed E-state index contributed by atoms with van der Waals surface area (Å²) in [5.74, 6) is 1.54. The van der Waals surface area contributed by atoms with Crippen LogP contribution in [0.2, 0.25) is 0 Å². The van der Waals surface area contributed by atoms with E-state index in [0.717, 1.165) is 29.3 Å². The van der Waals surface area contributed by atoms with Crippen LogP contribution in [-0.4, -0.2) is 23.1 Å². The second-order valence-electron chi connectivity index (χ2n) is 4.28. The van der Waals surface area contributed by atoms with Crippen LogP contribution in [0.1, 0.15) is 12.6 Å². The molecule has 4 nitrogen and oxygen atoms in total. The first-order valence-electron chi connectivity index (χ1n) is 5.91. The largest absolute Gasteiger partial charge is 0.497 e. The molecule has 0 amide bonds. The smallest absolute Gasteiger partial charge is 0.159 e. The summed E-state index contributed by atoms with van der Waals surface area (Å²) in [6, 6.07) is 9.70. The Balaban J connectivity index is 2.26. The molecule has 1 unspecified atom stereocenters. The van der Waals surface area contributed by atoms with Gasteiger partial charge >= 0.3 is 0 Å². The highest BCUT2D eigenvalue weighted by Crippen LogP contribution is 2.19. The van der Waals surface area contributed by atoms with Crippen LogP contribution in [0.3, 0.4) is 0 Å². The molecule has 0 aliphatic heterocycles. The van der Waals surface area contributed by atoms with E-state index in [0.29, 0.717) is 0 Å². The molecule has 2 rings (SSSR count). The van der Waals surface area contributed by atoms with E-state index in [1.165, 1.54) is 0 Å². The molecule has 0 radical (unpaired) electrons. The molecule has 0 spiro atoms. The van der Waals surface area contributed by atoms with E-state index in [1.54, 1.807) is 13.3 Å². The predicted octanol–water partition coefficient (Wildman–Crippen LogP) is 2.04. The highest BCUT2D eigenvalue weighted by Gasteiger charge is 2.04. The summed E-state index contributed by atoms with van der Waals surface area (Å²) in [4.78, 5) is 8.79. The number of rotatable bonds is 4. The van der Waals surface area contributed by atoms with Crippen LogP contribution in [0, 0.1) is 0 Å². The van der Waals surface area contributed by atoms with Crippen LogP contribution >= 0.6 is 0 Å². The Morgan fingerprint density at radius 1 is 1.22 bits per heavy atom. The highest BCUT2D eigenvalue weighted by molar-refractivity contribution is 5.56. The first-order valence-corrected chi connectivity index (χ1v) is 5.91. The van der Waals surface area contributed by atoms with Gasteiger partial charge in [-0.2, -0.15) is 0 Å². The standard InChI is InChI=1S/C14H17N3O/c1-10(15)9-12-7-8-16-14(17-12)11-3-5-13(18-2)6-4-11/h3-8,10H,9,15H2,1-2H3. The number of aromatic nitrogens is 2. The molecule has 0 saturated carbocycles. The molecule has 94 valence electrons. The number of hydrogen-bond donors (Lipinski definition) is 1. The average Bonchev–Trinajstić information content (AvgIpc) is 2.38. The number of hydrogen-bond acceptors (Lipinski definition) is 4. The van der Waals surface area contributed by atoms with Gasteiger partial charge in [-0.25, -0.2) is 9.97 Å². The van der Waals surface area contributed by atoms with Crippen molar-refractivity contribution in [2.75, 3.05) is 7.11 Å². The van der Waals surface area contributed by atoms with E-state index in [1.807, 2.05) is 37.3 Å². The summed E-state index contributed by atoms with van der Waals surface area (Å²) < 4.78 is 5.12. The zero-order chi connectivity index (χ0) is 13.0. The maximum atomic E-state index is 5.77. The summed E-state index contributed by atoms with van der Waals surface area (Å²) in [6.45, 7) is 1.97. The molecule has 0 bridgehead atoms. The van der Waals surface area contributed by atoms with Crippen LogP contribution in [0.15, 0.2) is 36.5 Å². The molecule has 4 heteroatoms. The molecule has 0 aliphatic rings. The zero-order valence-electron chi connectivity index (χ0n) is 10.6. The maximum absolute atomic E-state index is 5.77. The van der Waals surface area contributed by atoms with Gasteiger partial charge in [-0.15, -0.1) is 0 Å². The molecule has 2 aromatic rings. The van der Waals surface area contributed by atoms with Gasteiger partial charge in [-0.05, 0) is 37.3 Å². The summed E-state index contributed by atoms with van der Waals surface area (Å²) in [5.41, 5.74) is 7.71. The molecule has 2 N–H and O–H groups in total. The molecule has 0 aliphatic carbocycles. The van der Waals surface area contributed by atoms with Gasteiger partial charge in [-0.1, -0.05) is 0 Å². The predicted molar refractivity (Wildman–Crippen MR) is 71.4 cm³/mol. The van der Waals surface area contributed by atoms with Gasteiger partial charge in [0.25, 0.3) is 0 Å². The van der Waals surface area contributed by atoms with Crippen LogP contribution in [0.25, 0.3) is 11.4 Å². The normalized spacial score (nSPS) is 12.2. The van der Waals surface area contributed by atoms with Crippen molar-refractivity contribution in [1.82, 2.24) is 9.97 Å². The number of ether oxygens (including phenoxy) is 1. The van der Waals surface area contributed by atoms with E-state index in [9.17, 15) is 0 Å². The molecule has 18 heavy (non-hydrogen) atoms. The van der Waals surface area contributed by atoms with Crippen molar-refractivity contribution in [3.8, 4) is 17.1 Å². The maximum Gasteiger partial charge on any atom is 0.159 e. The van der Waals surface area contributed by atoms with E-state index >= 15 is 0 Å². The number of nitrogens with two attached hydrogens (primary N) is 1. The molecule has 0 saturated heterocycles. The summed E-state index contributed by atoms with van der Waals surface area (Å²) >= 11 is 0. The Bertz CT molecular complexity index is 509. The fourth-order valence-corrected chi connectivity index (χ4v) is 1.72. The van der Waals surface area contributed by atoms with Crippen molar-refractivity contribution in [2.24, 2.45) is 5.73 Å². The quantitative estimate of drug-likeness (QED) is 0.892. The van der Waals surface area contributed by atoms with Crippen molar-refractivity contribution >= 4 is 0 Å². The molecular weight excluding hydrogens is 226 g/mol. The van der Waals surface area contributed by atoms with Gasteiger partial charge in [0, 0.05) is 29.9 Å². The summed E-state index contributed by atoms with van der Waals surface area (Å²) in [7, 11) is 1.65. The lowest BCUT2D eigenvalue weighted by atomic mass is 10.1. The highest BCUT2D eigenvalue weighted by atomic mass is 16.5. The van der Waals surface area contributed by atoms with E-state index in [4.69, 9.17) is 10.5 Å². The van der Waals surface area contributed by atoms with Crippen LogP contribution in [-0.2, 0) is 6.42 Å². The fraction of sp³-hybridized carbons (Fsp3) is 0.286. The number of methoxy groups -OCH3 is 1. The lowest BCUT2D eigenvalue weighted by Gasteiger charge is -2.06. The topological polar surface area (TPSA) is 61.0 Å². The SMILES string of the molecule is COc1ccc(-c2nccc(CC(C)N)n2)cc1. The molecule has 1 atom stereocenters. The molecule has 1 aromatic heterocycles. The number of benzene rings is 1. The Morgan fingerprint density at radius 3 is 2.56 bits per heavy atom. The van der Waals surface area contributed by atoms with Gasteiger partial charge < -0.3 is 10.5 Å². The molecule has 1 heterocycles.